The third-order valence-electron chi connectivity index (χ3n) is 2.84. The second-order valence-corrected chi connectivity index (χ2v) is 5.74. The summed E-state index contributed by atoms with van der Waals surface area (Å²) < 4.78 is 0. The molecular weight excluding hydrogens is 276 g/mol. The lowest BCUT2D eigenvalue weighted by molar-refractivity contribution is -0.384. The lowest BCUT2D eigenvalue weighted by Gasteiger charge is -2.15. The van der Waals surface area contributed by atoms with Crippen LogP contribution < -0.4 is 5.73 Å². The maximum atomic E-state index is 10.9. The minimum Gasteiger partial charge on any atom is -0.393 e. The van der Waals surface area contributed by atoms with Gasteiger partial charge in [0.05, 0.1) is 15.6 Å². The van der Waals surface area contributed by atoms with Gasteiger partial charge in [-0.3, -0.25) is 15.0 Å². The Hall–Kier alpha value is -1.99. The summed E-state index contributed by atoms with van der Waals surface area (Å²) >= 11 is 1.62. The largest absolute Gasteiger partial charge is 0.393 e. The van der Waals surface area contributed by atoms with Crippen LogP contribution in [0.3, 0.4) is 0 Å². The second-order valence-electron chi connectivity index (χ2n) is 4.68. The average Bonchev–Trinajstić information content (AvgIpc) is 2.76. The molecule has 0 aliphatic heterocycles. The van der Waals surface area contributed by atoms with Gasteiger partial charge in [-0.1, -0.05) is 6.07 Å². The Morgan fingerprint density at radius 3 is 2.80 bits per heavy atom. The Kier molecular flexibility index (Phi) is 4.31. The SMILES string of the molecule is Cc1nc(CN(C)Cc2ccc(N)c([N+](=O)[O-])c2)cs1. The number of anilines is 1. The van der Waals surface area contributed by atoms with E-state index >= 15 is 0 Å². The summed E-state index contributed by atoms with van der Waals surface area (Å²) in [7, 11) is 1.96. The number of nitro benzene ring substituents is 1. The molecule has 0 unspecified atom stereocenters. The number of rotatable bonds is 5. The lowest BCUT2D eigenvalue weighted by Crippen LogP contribution is -2.17. The highest BCUT2D eigenvalue weighted by molar-refractivity contribution is 7.09. The number of nitrogen functional groups attached to an aromatic ring is 1. The zero-order valence-electron chi connectivity index (χ0n) is 11.4. The van der Waals surface area contributed by atoms with Crippen molar-refractivity contribution in [1.82, 2.24) is 9.88 Å². The minimum absolute atomic E-state index is 0.0413. The number of nitrogens with two attached hydrogens (primary N) is 1. The predicted molar refractivity (Wildman–Crippen MR) is 79.5 cm³/mol. The van der Waals surface area contributed by atoms with Gasteiger partial charge in [0, 0.05) is 24.5 Å². The van der Waals surface area contributed by atoms with Crippen LogP contribution in [0.1, 0.15) is 16.3 Å². The second kappa shape index (κ2) is 5.98. The van der Waals surface area contributed by atoms with Gasteiger partial charge in [0.2, 0.25) is 0 Å². The van der Waals surface area contributed by atoms with E-state index < -0.39 is 4.92 Å². The molecular formula is C13H16N4O2S. The Morgan fingerprint density at radius 2 is 2.20 bits per heavy atom. The summed E-state index contributed by atoms with van der Waals surface area (Å²) in [5.41, 5.74) is 7.61. The first kappa shape index (κ1) is 14.4. The highest BCUT2D eigenvalue weighted by atomic mass is 32.1. The van der Waals surface area contributed by atoms with Crippen LogP contribution in [-0.4, -0.2) is 21.9 Å². The van der Waals surface area contributed by atoms with Crippen LogP contribution in [0.25, 0.3) is 0 Å². The van der Waals surface area contributed by atoms with Gasteiger partial charge in [-0.05, 0) is 25.6 Å². The van der Waals surface area contributed by atoms with Gasteiger partial charge in [-0.15, -0.1) is 11.3 Å². The number of aryl methyl sites for hydroxylation is 1. The fourth-order valence-electron chi connectivity index (χ4n) is 1.97. The molecule has 0 amide bonds. The highest BCUT2D eigenvalue weighted by Gasteiger charge is 2.13. The smallest absolute Gasteiger partial charge is 0.292 e. The van der Waals surface area contributed by atoms with E-state index in [1.807, 2.05) is 25.4 Å². The number of hydrogen-bond acceptors (Lipinski definition) is 6. The number of hydrogen-bond donors (Lipinski definition) is 1. The van der Waals surface area contributed by atoms with Crippen molar-refractivity contribution in [3.63, 3.8) is 0 Å². The van der Waals surface area contributed by atoms with Gasteiger partial charge in [0.25, 0.3) is 5.69 Å². The van der Waals surface area contributed by atoms with E-state index in [0.717, 1.165) is 16.3 Å². The molecule has 0 saturated heterocycles. The van der Waals surface area contributed by atoms with Crippen molar-refractivity contribution in [1.29, 1.82) is 0 Å². The Bertz CT molecular complexity index is 627. The van der Waals surface area contributed by atoms with E-state index in [4.69, 9.17) is 5.73 Å². The van der Waals surface area contributed by atoms with Crippen molar-refractivity contribution < 1.29 is 4.92 Å². The van der Waals surface area contributed by atoms with Crippen LogP contribution in [0.2, 0.25) is 0 Å². The summed E-state index contributed by atoms with van der Waals surface area (Å²) in [6.45, 7) is 3.29. The fourth-order valence-corrected chi connectivity index (χ4v) is 2.57. The number of benzene rings is 1. The minimum atomic E-state index is -0.456. The first-order valence-electron chi connectivity index (χ1n) is 6.08. The normalized spacial score (nSPS) is 10.9. The maximum Gasteiger partial charge on any atom is 0.292 e. The quantitative estimate of drug-likeness (QED) is 0.520. The summed E-state index contributed by atoms with van der Waals surface area (Å²) in [6.07, 6.45) is 0. The number of nitrogens with zero attached hydrogens (tertiary/aromatic N) is 3. The molecule has 6 nitrogen and oxygen atoms in total. The highest BCUT2D eigenvalue weighted by Crippen LogP contribution is 2.23. The molecule has 0 fully saturated rings. The van der Waals surface area contributed by atoms with Gasteiger partial charge in [-0.2, -0.15) is 0 Å². The molecule has 1 aromatic carbocycles. The van der Waals surface area contributed by atoms with Crippen molar-refractivity contribution in [2.45, 2.75) is 20.0 Å². The third kappa shape index (κ3) is 3.52. The van der Waals surface area contributed by atoms with Crippen LogP contribution in [0.15, 0.2) is 23.6 Å². The zero-order chi connectivity index (χ0) is 14.7. The maximum absolute atomic E-state index is 10.9. The van der Waals surface area contributed by atoms with Crippen molar-refractivity contribution in [3.05, 3.63) is 50.0 Å². The fraction of sp³-hybridized carbons (Fsp3) is 0.308. The first-order valence-corrected chi connectivity index (χ1v) is 6.96. The molecule has 0 saturated carbocycles. The first-order chi connectivity index (χ1) is 9.45. The molecule has 2 aromatic rings. The Labute approximate surface area is 121 Å². The van der Waals surface area contributed by atoms with E-state index in [0.29, 0.717) is 13.1 Å². The molecule has 1 heterocycles. The number of thiazole rings is 1. The van der Waals surface area contributed by atoms with Crippen LogP contribution in [-0.2, 0) is 13.1 Å². The molecule has 20 heavy (non-hydrogen) atoms. The zero-order valence-corrected chi connectivity index (χ0v) is 12.2. The van der Waals surface area contributed by atoms with Gasteiger partial charge in [0.15, 0.2) is 0 Å². The molecule has 0 spiro atoms. The monoisotopic (exact) mass is 292 g/mol. The summed E-state index contributed by atoms with van der Waals surface area (Å²) in [6, 6.07) is 4.91. The molecule has 2 rings (SSSR count). The Morgan fingerprint density at radius 1 is 1.45 bits per heavy atom. The van der Waals surface area contributed by atoms with E-state index in [9.17, 15) is 10.1 Å². The van der Waals surface area contributed by atoms with Crippen molar-refractivity contribution >= 4 is 22.7 Å². The number of aromatic nitrogens is 1. The van der Waals surface area contributed by atoms with Gasteiger partial charge < -0.3 is 5.73 Å². The van der Waals surface area contributed by atoms with Crippen LogP contribution >= 0.6 is 11.3 Å². The topological polar surface area (TPSA) is 85.3 Å². The van der Waals surface area contributed by atoms with Crippen molar-refractivity contribution in [2.24, 2.45) is 0 Å². The van der Waals surface area contributed by atoms with Gasteiger partial charge in [-0.25, -0.2) is 4.98 Å². The average molecular weight is 292 g/mol. The van der Waals surface area contributed by atoms with Gasteiger partial charge in [0.1, 0.15) is 5.69 Å². The van der Waals surface area contributed by atoms with Crippen LogP contribution in [0.5, 0.6) is 0 Å². The summed E-state index contributed by atoms with van der Waals surface area (Å²) in [5.74, 6) is 0. The van der Waals surface area contributed by atoms with E-state index in [-0.39, 0.29) is 11.4 Å². The summed E-state index contributed by atoms with van der Waals surface area (Å²) in [5, 5.41) is 13.9. The van der Waals surface area contributed by atoms with Gasteiger partial charge >= 0.3 is 0 Å². The van der Waals surface area contributed by atoms with Crippen LogP contribution in [0, 0.1) is 17.0 Å². The predicted octanol–water partition coefficient (Wildman–Crippen LogP) is 2.57. The van der Waals surface area contributed by atoms with Crippen molar-refractivity contribution in [3.8, 4) is 0 Å². The third-order valence-corrected chi connectivity index (χ3v) is 3.66. The summed E-state index contributed by atoms with van der Waals surface area (Å²) in [4.78, 5) is 16.9. The van der Waals surface area contributed by atoms with Crippen LogP contribution in [0.4, 0.5) is 11.4 Å². The van der Waals surface area contributed by atoms with E-state index in [1.165, 1.54) is 6.07 Å². The Balaban J connectivity index is 2.06. The van der Waals surface area contributed by atoms with E-state index in [1.54, 1.807) is 17.4 Å². The molecule has 0 aliphatic carbocycles. The molecule has 0 bridgehead atoms. The van der Waals surface area contributed by atoms with Crippen molar-refractivity contribution in [2.75, 3.05) is 12.8 Å². The molecule has 0 atom stereocenters. The van der Waals surface area contributed by atoms with E-state index in [2.05, 4.69) is 9.88 Å². The number of nitro groups is 1. The molecule has 106 valence electrons. The molecule has 1 aromatic heterocycles. The molecule has 7 heteroatoms. The molecule has 2 N–H and O–H groups in total. The molecule has 0 aliphatic rings. The molecule has 0 radical (unpaired) electrons. The lowest BCUT2D eigenvalue weighted by atomic mass is 10.1. The standard InChI is InChI=1S/C13H16N4O2S/c1-9-15-11(8-20-9)7-16(2)6-10-3-4-12(14)13(5-10)17(18)19/h3-5,8H,6-7,14H2,1-2H3.